The summed E-state index contributed by atoms with van der Waals surface area (Å²) in [6, 6.07) is 0. The molecule has 0 aliphatic carbocycles. The van der Waals surface area contributed by atoms with Gasteiger partial charge in [-0.05, 0) is 19.3 Å². The van der Waals surface area contributed by atoms with Crippen LogP contribution < -0.4 is 5.32 Å². The molecule has 0 aromatic carbocycles. The van der Waals surface area contributed by atoms with Crippen LogP contribution in [-0.2, 0) is 14.3 Å². The number of hydrogen-bond acceptors (Lipinski definition) is 4. The molecule has 0 spiro atoms. The first-order valence-electron chi connectivity index (χ1n) is 6.06. The zero-order valence-electron chi connectivity index (χ0n) is 10.5. The number of carbonyl (C=O) groups is 1. The minimum atomic E-state index is -0.254. The van der Waals surface area contributed by atoms with E-state index in [0.29, 0.717) is 12.5 Å². The Kier molecular flexibility index (Phi) is 5.22. The Morgan fingerprint density at radius 1 is 1.50 bits per heavy atom. The van der Waals surface area contributed by atoms with Crippen LogP contribution in [0, 0.1) is 5.92 Å². The van der Waals surface area contributed by atoms with Crippen molar-refractivity contribution >= 4 is 5.97 Å². The average Bonchev–Trinajstić information content (AvgIpc) is 2.21. The van der Waals surface area contributed by atoms with E-state index in [-0.39, 0.29) is 18.2 Å². The van der Waals surface area contributed by atoms with Gasteiger partial charge in [-0.3, -0.25) is 0 Å². The van der Waals surface area contributed by atoms with Crippen LogP contribution in [0.5, 0.6) is 0 Å². The molecule has 4 nitrogen and oxygen atoms in total. The number of nitrogens with one attached hydrogen (secondary N) is 1. The third-order valence-corrected chi connectivity index (χ3v) is 2.85. The summed E-state index contributed by atoms with van der Waals surface area (Å²) in [6.07, 6.45) is 2.22. The topological polar surface area (TPSA) is 47.6 Å². The highest BCUT2D eigenvalue weighted by atomic mass is 16.6. The second-order valence-electron chi connectivity index (χ2n) is 4.92. The van der Waals surface area contributed by atoms with Crippen LogP contribution in [-0.4, -0.2) is 37.9 Å². The molecule has 1 rings (SSSR count). The van der Waals surface area contributed by atoms with Gasteiger partial charge in [0, 0.05) is 13.1 Å². The van der Waals surface area contributed by atoms with Crippen LogP contribution in [0.3, 0.4) is 0 Å². The predicted molar refractivity (Wildman–Crippen MR) is 62.3 cm³/mol. The first kappa shape index (κ1) is 13.5. The minimum absolute atomic E-state index is 0.0665. The molecule has 16 heavy (non-hydrogen) atoms. The predicted octanol–water partition coefficient (Wildman–Crippen LogP) is 1.34. The zero-order valence-corrected chi connectivity index (χ0v) is 10.5. The molecular weight excluding hydrogens is 206 g/mol. The van der Waals surface area contributed by atoms with E-state index in [1.165, 1.54) is 0 Å². The first-order valence-corrected chi connectivity index (χ1v) is 6.06. The lowest BCUT2D eigenvalue weighted by Gasteiger charge is -2.38. The molecular formula is C12H23NO3. The molecule has 1 heterocycles. The van der Waals surface area contributed by atoms with Gasteiger partial charge in [-0.2, -0.15) is 0 Å². The van der Waals surface area contributed by atoms with Gasteiger partial charge < -0.3 is 14.8 Å². The summed E-state index contributed by atoms with van der Waals surface area (Å²) in [4.78, 5) is 11.4. The van der Waals surface area contributed by atoms with Crippen LogP contribution in [0.25, 0.3) is 0 Å². The van der Waals surface area contributed by atoms with Gasteiger partial charge in [0.1, 0.15) is 6.61 Å². The van der Waals surface area contributed by atoms with Crippen LogP contribution >= 0.6 is 0 Å². The average molecular weight is 229 g/mol. The molecule has 0 saturated carbocycles. The lowest BCUT2D eigenvalue weighted by Crippen LogP contribution is -2.59. The maximum atomic E-state index is 11.4. The van der Waals surface area contributed by atoms with Gasteiger partial charge in [0.05, 0.1) is 12.2 Å². The molecule has 0 amide bonds. The van der Waals surface area contributed by atoms with Gasteiger partial charge in [0.25, 0.3) is 0 Å². The summed E-state index contributed by atoms with van der Waals surface area (Å²) in [5.41, 5.74) is -0.173. The molecule has 1 N–H and O–H groups in total. The summed E-state index contributed by atoms with van der Waals surface area (Å²) in [6.45, 7) is 8.41. The van der Waals surface area contributed by atoms with Crippen LogP contribution in [0.2, 0.25) is 0 Å². The Hall–Kier alpha value is -0.610. The van der Waals surface area contributed by atoms with Crippen molar-refractivity contribution in [1.82, 2.24) is 5.32 Å². The Morgan fingerprint density at radius 2 is 2.19 bits per heavy atom. The van der Waals surface area contributed by atoms with E-state index >= 15 is 0 Å². The smallest absolute Gasteiger partial charge is 0.332 e. The lowest BCUT2D eigenvalue weighted by atomic mass is 10.0. The van der Waals surface area contributed by atoms with Crippen molar-refractivity contribution in [2.24, 2.45) is 5.92 Å². The third kappa shape index (κ3) is 4.49. The quantitative estimate of drug-likeness (QED) is 0.669. The molecule has 1 aliphatic heterocycles. The molecule has 94 valence electrons. The van der Waals surface area contributed by atoms with Gasteiger partial charge in [-0.15, -0.1) is 0 Å². The molecule has 0 aromatic heterocycles. The van der Waals surface area contributed by atoms with Gasteiger partial charge in [0.2, 0.25) is 0 Å². The molecule has 0 aromatic rings. The Bertz CT molecular complexity index is 226. The highest BCUT2D eigenvalue weighted by molar-refractivity contribution is 5.70. The monoisotopic (exact) mass is 229 g/mol. The number of esters is 1. The maximum absolute atomic E-state index is 11.4. The Labute approximate surface area is 97.7 Å². The van der Waals surface area contributed by atoms with Crippen molar-refractivity contribution in [2.45, 2.75) is 39.2 Å². The molecule has 1 unspecified atom stereocenters. The summed E-state index contributed by atoms with van der Waals surface area (Å²) in [5, 5.41) is 3.12. The van der Waals surface area contributed by atoms with E-state index in [4.69, 9.17) is 9.47 Å². The van der Waals surface area contributed by atoms with Crippen molar-refractivity contribution in [3.8, 4) is 0 Å². The van der Waals surface area contributed by atoms with Gasteiger partial charge in [0.15, 0.2) is 0 Å². The number of rotatable bonds is 7. The third-order valence-electron chi connectivity index (χ3n) is 2.85. The molecule has 0 radical (unpaired) electrons. The van der Waals surface area contributed by atoms with E-state index in [1.807, 2.05) is 6.92 Å². The summed E-state index contributed by atoms with van der Waals surface area (Å²) in [5.74, 6) is 0.186. The fraction of sp³-hybridized carbons (Fsp3) is 0.917. The fourth-order valence-corrected chi connectivity index (χ4v) is 1.67. The number of carbonyl (C=O) groups excluding carboxylic acids is 1. The van der Waals surface area contributed by atoms with E-state index in [2.05, 4.69) is 19.2 Å². The van der Waals surface area contributed by atoms with Crippen LogP contribution in [0.4, 0.5) is 0 Å². The van der Waals surface area contributed by atoms with Crippen molar-refractivity contribution in [3.63, 3.8) is 0 Å². The van der Waals surface area contributed by atoms with E-state index in [0.717, 1.165) is 25.9 Å². The highest BCUT2D eigenvalue weighted by Gasteiger charge is 2.33. The molecule has 1 atom stereocenters. The van der Waals surface area contributed by atoms with Crippen molar-refractivity contribution in [1.29, 1.82) is 0 Å². The largest absolute Gasteiger partial charge is 0.464 e. The minimum Gasteiger partial charge on any atom is -0.464 e. The maximum Gasteiger partial charge on any atom is 0.332 e. The van der Waals surface area contributed by atoms with Crippen LogP contribution in [0.15, 0.2) is 0 Å². The summed E-state index contributed by atoms with van der Waals surface area (Å²) < 4.78 is 10.6. The second kappa shape index (κ2) is 6.21. The van der Waals surface area contributed by atoms with Crippen molar-refractivity contribution in [3.05, 3.63) is 0 Å². The number of hydrogen-bond donors (Lipinski definition) is 1. The second-order valence-corrected chi connectivity index (χ2v) is 4.92. The normalized spacial score (nSPS) is 19.9. The summed E-state index contributed by atoms with van der Waals surface area (Å²) >= 11 is 0. The highest BCUT2D eigenvalue weighted by Crippen LogP contribution is 2.15. The standard InChI is InChI=1S/C12H23NO3/c1-4-5-10(2)6-15-11(14)7-16-12(3)8-13-9-12/h10,13H,4-9H2,1-3H3. The number of ether oxygens (including phenoxy) is 2. The molecule has 0 bridgehead atoms. The fourth-order valence-electron chi connectivity index (χ4n) is 1.67. The van der Waals surface area contributed by atoms with Crippen molar-refractivity contribution in [2.75, 3.05) is 26.3 Å². The SMILES string of the molecule is CCCC(C)COC(=O)COC1(C)CNC1. The molecule has 4 heteroatoms. The summed E-state index contributed by atoms with van der Waals surface area (Å²) in [7, 11) is 0. The molecule has 1 aliphatic rings. The molecule has 1 fully saturated rings. The van der Waals surface area contributed by atoms with Gasteiger partial charge in [-0.25, -0.2) is 4.79 Å². The van der Waals surface area contributed by atoms with Crippen LogP contribution in [0.1, 0.15) is 33.6 Å². The zero-order chi connectivity index (χ0) is 12.0. The lowest BCUT2D eigenvalue weighted by molar-refractivity contribution is -0.159. The molecule has 1 saturated heterocycles. The Balaban J connectivity index is 2.06. The van der Waals surface area contributed by atoms with Gasteiger partial charge in [-0.1, -0.05) is 20.3 Å². The Morgan fingerprint density at radius 3 is 2.69 bits per heavy atom. The van der Waals surface area contributed by atoms with Crippen molar-refractivity contribution < 1.29 is 14.3 Å². The first-order chi connectivity index (χ1) is 7.56. The van der Waals surface area contributed by atoms with E-state index in [9.17, 15) is 4.79 Å². The van der Waals surface area contributed by atoms with E-state index in [1.54, 1.807) is 0 Å². The van der Waals surface area contributed by atoms with E-state index < -0.39 is 0 Å². The van der Waals surface area contributed by atoms with Gasteiger partial charge >= 0.3 is 5.97 Å².